The summed E-state index contributed by atoms with van der Waals surface area (Å²) in [6, 6.07) is 3.96. The Hall–Kier alpha value is -1.22. The van der Waals surface area contributed by atoms with E-state index in [-0.39, 0.29) is 11.8 Å². The third-order valence-corrected chi connectivity index (χ3v) is 6.52. The number of thioether (sulfide) groups is 1. The monoisotopic (exact) mass is 410 g/mol. The summed E-state index contributed by atoms with van der Waals surface area (Å²) in [5, 5.41) is 1.99. The molecule has 0 saturated carbocycles. The van der Waals surface area contributed by atoms with E-state index in [2.05, 4.69) is 0 Å². The fraction of sp³-hybridized carbons (Fsp3) is 0.500. The van der Waals surface area contributed by atoms with Crippen molar-refractivity contribution in [3.05, 3.63) is 27.3 Å². The molecule has 2 fully saturated rings. The fourth-order valence-electron chi connectivity index (χ4n) is 2.89. The number of amides is 2. The topological polar surface area (TPSA) is 49.9 Å². The maximum absolute atomic E-state index is 12.5. The average molecular weight is 411 g/mol. The molecule has 2 saturated heterocycles. The first-order chi connectivity index (χ1) is 12.6. The Labute approximate surface area is 167 Å². The van der Waals surface area contributed by atoms with Crippen LogP contribution in [0, 0.1) is 0 Å². The van der Waals surface area contributed by atoms with Crippen LogP contribution in [0.2, 0.25) is 0 Å². The van der Waals surface area contributed by atoms with Crippen LogP contribution < -0.4 is 0 Å². The van der Waals surface area contributed by atoms with Gasteiger partial charge < -0.3 is 9.64 Å². The molecule has 0 N–H and O–H groups in total. The van der Waals surface area contributed by atoms with Crippen molar-refractivity contribution in [2.75, 3.05) is 32.8 Å². The minimum Gasteiger partial charge on any atom is -0.378 e. The van der Waals surface area contributed by atoms with E-state index < -0.39 is 0 Å². The molecule has 8 heteroatoms. The number of hydrogen-bond donors (Lipinski definition) is 0. The summed E-state index contributed by atoms with van der Waals surface area (Å²) >= 11 is 8.33. The lowest BCUT2D eigenvalue weighted by atomic mass is 10.1. The van der Waals surface area contributed by atoms with Gasteiger partial charge in [0, 0.05) is 30.9 Å². The van der Waals surface area contributed by atoms with E-state index in [1.165, 1.54) is 11.8 Å². The standard InChI is InChI=1S/C18H22N2O3S3/c21-16(19-8-10-23-11-9-19)6-2-1-3-7-20-17(22)15(26-18(20)24)13-14-5-4-12-25-14/h4-5,12-13H,1-3,6-11H2/b15-13+. The quantitative estimate of drug-likeness (QED) is 0.392. The van der Waals surface area contributed by atoms with Gasteiger partial charge in [0.25, 0.3) is 5.91 Å². The van der Waals surface area contributed by atoms with Gasteiger partial charge in [-0.15, -0.1) is 11.3 Å². The van der Waals surface area contributed by atoms with Crippen LogP contribution in [0.3, 0.4) is 0 Å². The first kappa shape index (κ1) is 19.5. The van der Waals surface area contributed by atoms with Crippen molar-refractivity contribution in [2.24, 2.45) is 0 Å². The van der Waals surface area contributed by atoms with Crippen LogP contribution in [0.15, 0.2) is 22.4 Å². The molecule has 140 valence electrons. The van der Waals surface area contributed by atoms with Crippen molar-refractivity contribution < 1.29 is 14.3 Å². The molecule has 0 aromatic carbocycles. The number of carbonyl (C=O) groups is 2. The minimum atomic E-state index is -0.00204. The summed E-state index contributed by atoms with van der Waals surface area (Å²) < 4.78 is 5.89. The summed E-state index contributed by atoms with van der Waals surface area (Å²) in [6.07, 6.45) is 5.09. The molecular formula is C18H22N2O3S3. The van der Waals surface area contributed by atoms with Crippen molar-refractivity contribution in [3.63, 3.8) is 0 Å². The van der Waals surface area contributed by atoms with E-state index in [0.29, 0.717) is 48.5 Å². The second-order valence-electron chi connectivity index (χ2n) is 6.15. The van der Waals surface area contributed by atoms with Gasteiger partial charge in [0.05, 0.1) is 18.1 Å². The van der Waals surface area contributed by atoms with Gasteiger partial charge in [-0.2, -0.15) is 0 Å². The molecule has 0 bridgehead atoms. The highest BCUT2D eigenvalue weighted by Gasteiger charge is 2.31. The summed E-state index contributed by atoms with van der Waals surface area (Å²) in [7, 11) is 0. The van der Waals surface area contributed by atoms with Crippen LogP contribution >= 0.6 is 35.3 Å². The Morgan fingerprint density at radius 3 is 2.81 bits per heavy atom. The lowest BCUT2D eigenvalue weighted by Crippen LogP contribution is -2.40. The molecule has 26 heavy (non-hydrogen) atoms. The van der Waals surface area contributed by atoms with Gasteiger partial charge in [0.15, 0.2) is 0 Å². The van der Waals surface area contributed by atoms with Crippen LogP contribution in [0.1, 0.15) is 30.6 Å². The van der Waals surface area contributed by atoms with Crippen molar-refractivity contribution in [2.45, 2.75) is 25.7 Å². The van der Waals surface area contributed by atoms with Gasteiger partial charge in [0.1, 0.15) is 4.32 Å². The fourth-order valence-corrected chi connectivity index (χ4v) is 4.92. The molecule has 1 aromatic rings. The molecule has 2 aliphatic heterocycles. The van der Waals surface area contributed by atoms with Crippen LogP contribution in [0.4, 0.5) is 0 Å². The number of thiophene rings is 1. The van der Waals surface area contributed by atoms with Gasteiger partial charge in [-0.25, -0.2) is 0 Å². The molecule has 3 rings (SSSR count). The van der Waals surface area contributed by atoms with Gasteiger partial charge in [-0.3, -0.25) is 14.5 Å². The first-order valence-electron chi connectivity index (χ1n) is 8.79. The maximum Gasteiger partial charge on any atom is 0.266 e. The highest BCUT2D eigenvalue weighted by atomic mass is 32.2. The van der Waals surface area contributed by atoms with E-state index in [9.17, 15) is 9.59 Å². The molecule has 0 atom stereocenters. The molecule has 2 aliphatic rings. The number of unbranched alkanes of at least 4 members (excludes halogenated alkanes) is 2. The van der Waals surface area contributed by atoms with Gasteiger partial charge >= 0.3 is 0 Å². The summed E-state index contributed by atoms with van der Waals surface area (Å²) in [4.78, 5) is 29.9. The molecule has 0 unspecified atom stereocenters. The predicted molar refractivity (Wildman–Crippen MR) is 110 cm³/mol. The normalized spacial score (nSPS) is 19.6. The summed E-state index contributed by atoms with van der Waals surface area (Å²) in [5.74, 6) is 0.204. The Kier molecular flexibility index (Phi) is 7.24. The second kappa shape index (κ2) is 9.64. The predicted octanol–water partition coefficient (Wildman–Crippen LogP) is 3.37. The number of rotatable bonds is 7. The van der Waals surface area contributed by atoms with Gasteiger partial charge in [0.2, 0.25) is 5.91 Å². The molecule has 2 amide bonds. The first-order valence-corrected chi connectivity index (χ1v) is 10.9. The van der Waals surface area contributed by atoms with E-state index in [4.69, 9.17) is 17.0 Å². The molecule has 0 radical (unpaired) electrons. The number of hydrogen-bond acceptors (Lipinski definition) is 6. The zero-order chi connectivity index (χ0) is 18.4. The third-order valence-electron chi connectivity index (χ3n) is 4.33. The largest absolute Gasteiger partial charge is 0.378 e. The van der Waals surface area contributed by atoms with Gasteiger partial charge in [-0.1, -0.05) is 36.5 Å². The summed E-state index contributed by atoms with van der Waals surface area (Å²) in [6.45, 7) is 3.30. The molecule has 0 spiro atoms. The number of ether oxygens (including phenoxy) is 1. The SMILES string of the molecule is O=C(CCCCCN1C(=O)/C(=C\c2cccs2)SC1=S)N1CCOCC1. The van der Waals surface area contributed by atoms with E-state index in [0.717, 1.165) is 24.1 Å². The molecule has 5 nitrogen and oxygen atoms in total. The zero-order valence-electron chi connectivity index (χ0n) is 14.5. The Bertz CT molecular complexity index is 682. The van der Waals surface area contributed by atoms with Crippen LogP contribution in [0.5, 0.6) is 0 Å². The molecule has 1 aromatic heterocycles. The number of morpholine rings is 1. The summed E-state index contributed by atoms with van der Waals surface area (Å²) in [5.41, 5.74) is 0. The number of thiocarbonyl (C=S) groups is 1. The molecule has 0 aliphatic carbocycles. The Morgan fingerprint density at radius 1 is 1.27 bits per heavy atom. The van der Waals surface area contributed by atoms with Crippen LogP contribution in [0.25, 0.3) is 6.08 Å². The van der Waals surface area contributed by atoms with Crippen molar-refractivity contribution in [3.8, 4) is 0 Å². The number of nitrogens with zero attached hydrogens (tertiary/aromatic N) is 2. The van der Waals surface area contributed by atoms with Crippen LogP contribution in [-0.4, -0.2) is 58.8 Å². The highest BCUT2D eigenvalue weighted by Crippen LogP contribution is 2.33. The third kappa shape index (κ3) is 5.16. The van der Waals surface area contributed by atoms with Crippen LogP contribution in [-0.2, 0) is 14.3 Å². The van der Waals surface area contributed by atoms with E-state index in [1.54, 1.807) is 16.2 Å². The van der Waals surface area contributed by atoms with E-state index >= 15 is 0 Å². The molecule has 3 heterocycles. The molecular weight excluding hydrogens is 388 g/mol. The van der Waals surface area contributed by atoms with Crippen molar-refractivity contribution in [1.29, 1.82) is 0 Å². The number of carbonyl (C=O) groups excluding carboxylic acids is 2. The average Bonchev–Trinajstić information content (AvgIpc) is 3.25. The minimum absolute atomic E-state index is 0.00204. The zero-order valence-corrected chi connectivity index (χ0v) is 17.0. The maximum atomic E-state index is 12.5. The highest BCUT2D eigenvalue weighted by molar-refractivity contribution is 8.26. The smallest absolute Gasteiger partial charge is 0.266 e. The van der Waals surface area contributed by atoms with E-state index in [1.807, 2.05) is 28.5 Å². The Morgan fingerprint density at radius 2 is 2.08 bits per heavy atom. The lowest BCUT2D eigenvalue weighted by Gasteiger charge is -2.26. The Balaban J connectivity index is 1.38. The second-order valence-corrected chi connectivity index (χ2v) is 8.81. The lowest BCUT2D eigenvalue weighted by molar-refractivity contribution is -0.135. The van der Waals surface area contributed by atoms with Crippen molar-refractivity contribution >= 4 is 57.5 Å². The van der Waals surface area contributed by atoms with Crippen molar-refractivity contribution in [1.82, 2.24) is 9.80 Å². The van der Waals surface area contributed by atoms with Gasteiger partial charge in [-0.05, 0) is 30.4 Å².